The van der Waals surface area contributed by atoms with Gasteiger partial charge in [-0.25, -0.2) is 0 Å². The number of carbonyl (C=O) groups excluding carboxylic acids is 2. The van der Waals surface area contributed by atoms with Gasteiger partial charge in [0.25, 0.3) is 0 Å². The summed E-state index contributed by atoms with van der Waals surface area (Å²) in [5.74, 6) is 0.853. The topological polar surface area (TPSA) is 46.6 Å². The van der Waals surface area contributed by atoms with Crippen LogP contribution in [0.5, 0.6) is 5.75 Å². The zero-order chi connectivity index (χ0) is 13.5. The van der Waals surface area contributed by atoms with E-state index in [1.54, 1.807) is 4.90 Å². The summed E-state index contributed by atoms with van der Waals surface area (Å²) >= 11 is 0. The molecule has 0 unspecified atom stereocenters. The van der Waals surface area contributed by atoms with Gasteiger partial charge in [0.2, 0.25) is 6.41 Å². The fourth-order valence-corrected chi connectivity index (χ4v) is 2.92. The monoisotopic (exact) mass is 259 g/mol. The van der Waals surface area contributed by atoms with Gasteiger partial charge < -0.3 is 9.64 Å². The Balaban J connectivity index is 1.87. The summed E-state index contributed by atoms with van der Waals surface area (Å²) in [4.78, 5) is 24.8. The molecular weight excluding hydrogens is 242 g/mol. The minimum absolute atomic E-state index is 0.157. The number of Topliss-reactive ketones (excluding diaryl/α,β-unsaturated/α-hetero) is 1. The van der Waals surface area contributed by atoms with Crippen molar-refractivity contribution in [3.05, 3.63) is 29.3 Å². The first-order valence-corrected chi connectivity index (χ1v) is 6.64. The Bertz CT molecular complexity index is 530. The molecule has 1 saturated heterocycles. The third-order valence-electron chi connectivity index (χ3n) is 4.10. The lowest BCUT2D eigenvalue weighted by Gasteiger charge is -2.43. The molecule has 4 nitrogen and oxygen atoms in total. The largest absolute Gasteiger partial charge is 0.486 e. The lowest BCUT2D eigenvalue weighted by molar-refractivity contribution is -0.121. The Labute approximate surface area is 112 Å². The molecule has 1 aromatic rings. The Hall–Kier alpha value is -1.84. The van der Waals surface area contributed by atoms with Crippen LogP contribution in [-0.2, 0) is 4.79 Å². The highest BCUT2D eigenvalue weighted by Gasteiger charge is 2.42. The molecule has 1 spiro atoms. The van der Waals surface area contributed by atoms with Crippen LogP contribution >= 0.6 is 0 Å². The first kappa shape index (κ1) is 12.2. The number of fused-ring (bicyclic) bond motifs is 1. The maximum Gasteiger partial charge on any atom is 0.209 e. The fraction of sp³-hybridized carbons (Fsp3) is 0.467. The number of ether oxygens (including phenoxy) is 1. The van der Waals surface area contributed by atoms with Gasteiger partial charge in [0.15, 0.2) is 5.78 Å². The van der Waals surface area contributed by atoms with Crippen molar-refractivity contribution in [2.24, 2.45) is 0 Å². The number of nitrogens with zero attached hydrogens (tertiary/aromatic N) is 1. The standard InChI is InChI=1S/C15H17NO3/c1-11-2-3-14-12(8-11)13(18)9-15(19-14)4-6-16(10-17)7-5-15/h2-3,8,10H,4-7,9H2,1H3. The highest BCUT2D eigenvalue weighted by Crippen LogP contribution is 2.39. The van der Waals surface area contributed by atoms with E-state index >= 15 is 0 Å². The zero-order valence-corrected chi connectivity index (χ0v) is 11.0. The smallest absolute Gasteiger partial charge is 0.209 e. The van der Waals surface area contributed by atoms with Gasteiger partial charge >= 0.3 is 0 Å². The van der Waals surface area contributed by atoms with E-state index in [9.17, 15) is 9.59 Å². The number of carbonyl (C=O) groups is 2. The molecule has 2 aliphatic rings. The summed E-state index contributed by atoms with van der Waals surface area (Å²) in [6.07, 6.45) is 2.75. The van der Waals surface area contributed by atoms with Gasteiger partial charge in [0, 0.05) is 25.9 Å². The van der Waals surface area contributed by atoms with Crippen molar-refractivity contribution in [1.29, 1.82) is 0 Å². The van der Waals surface area contributed by atoms with E-state index in [0.29, 0.717) is 30.8 Å². The molecule has 2 heterocycles. The first-order chi connectivity index (χ1) is 9.12. The molecule has 0 bridgehead atoms. The Morgan fingerprint density at radius 1 is 1.32 bits per heavy atom. The minimum Gasteiger partial charge on any atom is -0.486 e. The molecule has 1 amide bonds. The van der Waals surface area contributed by atoms with Crippen molar-refractivity contribution in [3.63, 3.8) is 0 Å². The average molecular weight is 259 g/mol. The lowest BCUT2D eigenvalue weighted by atomic mass is 9.82. The van der Waals surface area contributed by atoms with Gasteiger partial charge in [-0.3, -0.25) is 9.59 Å². The molecule has 1 aromatic carbocycles. The van der Waals surface area contributed by atoms with Crippen LogP contribution in [0.25, 0.3) is 0 Å². The van der Waals surface area contributed by atoms with Crippen LogP contribution in [0.4, 0.5) is 0 Å². The predicted molar refractivity (Wildman–Crippen MR) is 70.4 cm³/mol. The van der Waals surface area contributed by atoms with Gasteiger partial charge in [0.05, 0.1) is 12.0 Å². The van der Waals surface area contributed by atoms with E-state index in [4.69, 9.17) is 4.74 Å². The third kappa shape index (κ3) is 2.11. The number of hydrogen-bond donors (Lipinski definition) is 0. The number of piperidine rings is 1. The van der Waals surface area contributed by atoms with Crippen LogP contribution in [0.2, 0.25) is 0 Å². The molecule has 0 saturated carbocycles. The number of rotatable bonds is 1. The average Bonchev–Trinajstić information content (AvgIpc) is 2.41. The van der Waals surface area contributed by atoms with Gasteiger partial charge in [-0.15, -0.1) is 0 Å². The second-order valence-corrected chi connectivity index (χ2v) is 5.53. The molecule has 3 rings (SSSR count). The number of hydrogen-bond acceptors (Lipinski definition) is 3. The van der Waals surface area contributed by atoms with Gasteiger partial charge in [-0.05, 0) is 19.1 Å². The maximum absolute atomic E-state index is 12.3. The van der Waals surface area contributed by atoms with Gasteiger partial charge in [-0.2, -0.15) is 0 Å². The third-order valence-corrected chi connectivity index (χ3v) is 4.10. The molecule has 4 heteroatoms. The highest BCUT2D eigenvalue weighted by atomic mass is 16.5. The minimum atomic E-state index is -0.404. The Morgan fingerprint density at radius 3 is 2.74 bits per heavy atom. The summed E-state index contributed by atoms with van der Waals surface area (Å²) in [5.41, 5.74) is 1.37. The van der Waals surface area contributed by atoms with Crippen LogP contribution in [0.1, 0.15) is 35.2 Å². The van der Waals surface area contributed by atoms with Crippen LogP contribution in [0, 0.1) is 6.92 Å². The van der Waals surface area contributed by atoms with Crippen molar-refractivity contribution >= 4 is 12.2 Å². The number of likely N-dealkylation sites (tertiary alicyclic amines) is 1. The van der Waals surface area contributed by atoms with Crippen LogP contribution in [-0.4, -0.2) is 35.8 Å². The van der Waals surface area contributed by atoms with E-state index in [0.717, 1.165) is 24.8 Å². The second kappa shape index (κ2) is 4.37. The van der Waals surface area contributed by atoms with Crippen molar-refractivity contribution in [3.8, 4) is 5.75 Å². The molecule has 19 heavy (non-hydrogen) atoms. The number of aryl methyl sites for hydroxylation is 1. The lowest BCUT2D eigenvalue weighted by Crippen LogP contribution is -2.50. The first-order valence-electron chi connectivity index (χ1n) is 6.64. The quantitative estimate of drug-likeness (QED) is 0.724. The van der Waals surface area contributed by atoms with E-state index < -0.39 is 5.60 Å². The number of ketones is 1. The summed E-state index contributed by atoms with van der Waals surface area (Å²) in [7, 11) is 0. The molecule has 0 aliphatic carbocycles. The summed E-state index contributed by atoms with van der Waals surface area (Å²) < 4.78 is 6.12. The van der Waals surface area contributed by atoms with E-state index in [-0.39, 0.29) is 5.78 Å². The highest BCUT2D eigenvalue weighted by molar-refractivity contribution is 6.00. The Morgan fingerprint density at radius 2 is 2.05 bits per heavy atom. The van der Waals surface area contributed by atoms with Crippen molar-refractivity contribution in [2.45, 2.75) is 31.8 Å². The summed E-state index contributed by atoms with van der Waals surface area (Å²) in [6, 6.07) is 5.74. The van der Waals surface area contributed by atoms with Crippen LogP contribution in [0.3, 0.4) is 0 Å². The normalized spacial score (nSPS) is 20.9. The molecule has 0 aromatic heterocycles. The Kier molecular flexibility index (Phi) is 2.81. The number of benzene rings is 1. The summed E-state index contributed by atoms with van der Waals surface area (Å²) in [6.45, 7) is 3.30. The van der Waals surface area contributed by atoms with Gasteiger partial charge in [-0.1, -0.05) is 11.6 Å². The molecule has 100 valence electrons. The molecular formula is C15H17NO3. The van der Waals surface area contributed by atoms with E-state index in [2.05, 4.69) is 0 Å². The predicted octanol–water partition coefficient (Wildman–Crippen LogP) is 1.95. The van der Waals surface area contributed by atoms with Crippen molar-refractivity contribution < 1.29 is 14.3 Å². The molecule has 0 N–H and O–H groups in total. The summed E-state index contributed by atoms with van der Waals surface area (Å²) in [5, 5.41) is 0. The molecule has 0 radical (unpaired) electrons. The zero-order valence-electron chi connectivity index (χ0n) is 11.0. The molecule has 2 aliphatic heterocycles. The van der Waals surface area contributed by atoms with Gasteiger partial charge in [0.1, 0.15) is 11.4 Å². The number of amides is 1. The van der Waals surface area contributed by atoms with Crippen molar-refractivity contribution in [1.82, 2.24) is 4.90 Å². The molecule has 0 atom stereocenters. The maximum atomic E-state index is 12.3. The van der Waals surface area contributed by atoms with E-state index in [1.807, 2.05) is 25.1 Å². The molecule has 1 fully saturated rings. The van der Waals surface area contributed by atoms with E-state index in [1.165, 1.54) is 0 Å². The van der Waals surface area contributed by atoms with Crippen LogP contribution in [0.15, 0.2) is 18.2 Å². The SMILES string of the molecule is Cc1ccc2c(c1)C(=O)CC1(CCN(C=O)CC1)O2. The fourth-order valence-electron chi connectivity index (χ4n) is 2.92. The second-order valence-electron chi connectivity index (χ2n) is 5.53. The van der Waals surface area contributed by atoms with Crippen LogP contribution < -0.4 is 4.74 Å². The van der Waals surface area contributed by atoms with Crippen molar-refractivity contribution in [2.75, 3.05) is 13.1 Å².